The van der Waals surface area contributed by atoms with Gasteiger partial charge in [-0.2, -0.15) is 0 Å². The van der Waals surface area contributed by atoms with E-state index in [2.05, 4.69) is 0 Å². The van der Waals surface area contributed by atoms with Crippen molar-refractivity contribution < 1.29 is 0 Å². The zero-order valence-electron chi connectivity index (χ0n) is 19.0. The summed E-state index contributed by atoms with van der Waals surface area (Å²) in [5, 5.41) is 0. The normalized spacial score (nSPS) is 19.1. The molecule has 0 spiro atoms. The third-order valence-electron chi connectivity index (χ3n) is 5.34. The van der Waals surface area contributed by atoms with Gasteiger partial charge in [-0.15, -0.1) is 0 Å². The molecule has 2 aliphatic heterocycles. The molecule has 2 aliphatic rings. The third kappa shape index (κ3) is 4.94. The number of nitrogens with zero attached hydrogens (tertiary/aromatic N) is 6. The van der Waals surface area contributed by atoms with Gasteiger partial charge in [-0.05, 0) is 0 Å². The second kappa shape index (κ2) is 10.4. The molecule has 4 aromatic rings. The second-order valence-corrected chi connectivity index (χ2v) is 17.8. The molecule has 8 heteroatoms. The number of amidine groups is 4. The minimum atomic E-state index is -2.04. The molecule has 174 valence electrons. The molecule has 0 N–H and O–H groups in total. The van der Waals surface area contributed by atoms with E-state index in [1.807, 2.05) is 121 Å². The van der Waals surface area contributed by atoms with Crippen LogP contribution in [0.2, 0.25) is 0 Å². The molecular formula is C28H20N6Se2. The number of hydrogen-bond donors (Lipinski definition) is 0. The predicted octanol–water partition coefficient (Wildman–Crippen LogP) is 5.39. The van der Waals surface area contributed by atoms with E-state index >= 15 is 0 Å². The van der Waals surface area contributed by atoms with Crippen LogP contribution in [0.25, 0.3) is 0 Å². The molecule has 2 heterocycles. The Hall–Kier alpha value is -3.80. The fourth-order valence-electron chi connectivity index (χ4n) is 3.57. The van der Waals surface area contributed by atoms with Gasteiger partial charge in [0, 0.05) is 0 Å². The van der Waals surface area contributed by atoms with Crippen LogP contribution in [0.3, 0.4) is 0 Å². The van der Waals surface area contributed by atoms with Gasteiger partial charge in [0.15, 0.2) is 0 Å². The van der Waals surface area contributed by atoms with E-state index in [1.54, 1.807) is 0 Å². The van der Waals surface area contributed by atoms with Crippen LogP contribution in [-0.4, -0.2) is 47.5 Å². The molecule has 0 amide bonds. The Morgan fingerprint density at radius 2 is 0.611 bits per heavy atom. The van der Waals surface area contributed by atoms with Crippen LogP contribution in [0, 0.1) is 0 Å². The van der Waals surface area contributed by atoms with E-state index in [9.17, 15) is 0 Å². The first-order valence-corrected chi connectivity index (χ1v) is 18.7. The Bertz CT molecular complexity index is 1390. The quantitative estimate of drug-likeness (QED) is 0.277. The fraction of sp³-hybridized carbons (Fsp3) is 0. The van der Waals surface area contributed by atoms with E-state index < -0.39 is 24.2 Å². The van der Waals surface area contributed by atoms with Gasteiger partial charge in [0.25, 0.3) is 0 Å². The van der Waals surface area contributed by atoms with Crippen molar-refractivity contribution in [2.24, 2.45) is 25.9 Å². The summed E-state index contributed by atoms with van der Waals surface area (Å²) in [6, 6.07) is 40.3. The zero-order valence-corrected chi connectivity index (χ0v) is 22.5. The fourth-order valence-corrected chi connectivity index (χ4v) is 12.8. The van der Waals surface area contributed by atoms with E-state index in [-0.39, 0.29) is 0 Å². The Kier molecular flexibility index (Phi) is 6.57. The van der Waals surface area contributed by atoms with E-state index in [0.717, 1.165) is 22.3 Å². The Morgan fingerprint density at radius 1 is 0.333 bits per heavy atom. The van der Waals surface area contributed by atoms with Crippen LogP contribution >= 0.6 is 0 Å². The van der Waals surface area contributed by atoms with Gasteiger partial charge >= 0.3 is 217 Å². The molecule has 0 saturated heterocycles. The molecule has 0 aromatic heterocycles. The summed E-state index contributed by atoms with van der Waals surface area (Å²) in [4.78, 5) is 9.71. The zero-order chi connectivity index (χ0) is 24.2. The Labute approximate surface area is 216 Å². The molecule has 6 nitrogen and oxygen atoms in total. The average molecular weight is 598 g/mol. The van der Waals surface area contributed by atoms with Crippen molar-refractivity contribution in [1.82, 2.24) is 0 Å². The van der Waals surface area contributed by atoms with Crippen molar-refractivity contribution in [2.45, 2.75) is 0 Å². The van der Waals surface area contributed by atoms with E-state index in [4.69, 9.17) is 25.9 Å². The summed E-state index contributed by atoms with van der Waals surface area (Å²) in [5.41, 5.74) is 3.89. The van der Waals surface area contributed by atoms with Crippen LogP contribution < -0.4 is 0 Å². The molecule has 0 saturated carbocycles. The van der Waals surface area contributed by atoms with Gasteiger partial charge in [0.05, 0.1) is 0 Å². The van der Waals surface area contributed by atoms with Crippen molar-refractivity contribution >= 4 is 47.5 Å². The van der Waals surface area contributed by atoms with E-state index in [0.29, 0.717) is 23.3 Å². The Morgan fingerprint density at radius 3 is 0.917 bits per heavy atom. The minimum absolute atomic E-state index is 0.702. The van der Waals surface area contributed by atoms with Gasteiger partial charge in [-0.25, -0.2) is 0 Å². The van der Waals surface area contributed by atoms with Crippen molar-refractivity contribution in [2.75, 3.05) is 0 Å². The standard InChI is InChI=1S/C28H20N6Se2/c1-5-13-21(14-6-1)25-29-26(22-15-7-2-8-16-22)32-35(31-25)36-33-27(23-17-9-3-10-18-23)30-28(34-36)24-19-11-4-12-20-24/h1-20H. The molecule has 6 rings (SSSR count). The Balaban J connectivity index is 1.52. The second-order valence-electron chi connectivity index (χ2n) is 7.81. The first-order valence-electron chi connectivity index (χ1n) is 11.3. The molecular weight excluding hydrogens is 578 g/mol. The summed E-state index contributed by atoms with van der Waals surface area (Å²) in [6.45, 7) is 0. The van der Waals surface area contributed by atoms with Crippen LogP contribution in [-0.2, 0) is 0 Å². The molecule has 36 heavy (non-hydrogen) atoms. The molecule has 4 aromatic carbocycles. The molecule has 0 aliphatic carbocycles. The van der Waals surface area contributed by atoms with Gasteiger partial charge in [0.2, 0.25) is 0 Å². The summed E-state index contributed by atoms with van der Waals surface area (Å²) in [7, 11) is 0. The van der Waals surface area contributed by atoms with Gasteiger partial charge in [0.1, 0.15) is 0 Å². The summed E-state index contributed by atoms with van der Waals surface area (Å²) in [6.07, 6.45) is 0. The molecule has 0 bridgehead atoms. The predicted molar refractivity (Wildman–Crippen MR) is 148 cm³/mol. The van der Waals surface area contributed by atoms with Crippen LogP contribution in [0.5, 0.6) is 0 Å². The van der Waals surface area contributed by atoms with Crippen molar-refractivity contribution in [1.29, 1.82) is 0 Å². The first-order chi connectivity index (χ1) is 17.8. The van der Waals surface area contributed by atoms with Crippen LogP contribution in [0.15, 0.2) is 147 Å². The molecule has 0 radical (unpaired) electrons. The van der Waals surface area contributed by atoms with Crippen molar-refractivity contribution in [3.63, 3.8) is 0 Å². The average Bonchev–Trinajstić information content (AvgIpc) is 2.98. The van der Waals surface area contributed by atoms with Gasteiger partial charge < -0.3 is 0 Å². The number of hydrogen-bond acceptors (Lipinski definition) is 6. The number of aliphatic imine (C=N–C) groups is 2. The summed E-state index contributed by atoms with van der Waals surface area (Å²) in [5.74, 6) is 2.81. The van der Waals surface area contributed by atoms with Crippen LogP contribution in [0.4, 0.5) is 0 Å². The number of benzene rings is 4. The molecule has 2 unspecified atom stereocenters. The van der Waals surface area contributed by atoms with E-state index in [1.165, 1.54) is 0 Å². The van der Waals surface area contributed by atoms with Gasteiger partial charge in [-0.3, -0.25) is 0 Å². The summed E-state index contributed by atoms with van der Waals surface area (Å²) < 4.78 is 20.4. The molecule has 0 fully saturated rings. The number of rotatable bonds is 5. The van der Waals surface area contributed by atoms with Crippen molar-refractivity contribution in [3.05, 3.63) is 144 Å². The SMILES string of the molecule is c1ccc(C2=NC(c3ccccc3)=N[Se]([Se]3=NC(c4ccccc4)=NC(c4ccccc4)=N3)=N2)cc1. The third-order valence-corrected chi connectivity index (χ3v) is 14.8. The summed E-state index contributed by atoms with van der Waals surface area (Å²) >= 11 is -4.08. The topological polar surface area (TPSA) is 74.2 Å². The van der Waals surface area contributed by atoms with Crippen LogP contribution in [0.1, 0.15) is 22.3 Å². The maximum absolute atomic E-state index is 5.09. The molecule has 2 atom stereocenters. The van der Waals surface area contributed by atoms with Gasteiger partial charge in [-0.1, -0.05) is 0 Å². The monoisotopic (exact) mass is 600 g/mol. The first kappa shape index (κ1) is 22.6. The maximum atomic E-state index is 5.09. The van der Waals surface area contributed by atoms with Crippen molar-refractivity contribution in [3.8, 4) is 0 Å².